The Balaban J connectivity index is 1.44. The highest BCUT2D eigenvalue weighted by atomic mass is 16.3. The molecular weight excluding hydrogens is 306 g/mol. The number of benzene rings is 1. The molecule has 1 fully saturated rings. The average molecular weight is 327 g/mol. The third kappa shape index (κ3) is 2.92. The van der Waals surface area contributed by atoms with E-state index in [2.05, 4.69) is 44.3 Å². The van der Waals surface area contributed by atoms with Crippen LogP contribution in [-0.2, 0) is 12.8 Å². The Hall–Kier alpha value is -2.25. The maximum absolute atomic E-state index is 12.4. The lowest BCUT2D eigenvalue weighted by molar-refractivity contribution is 0.0646. The number of hydrogen-bond acceptors (Lipinski definition) is 5. The molecule has 1 aromatic heterocycles. The molecule has 2 N–H and O–H groups in total. The summed E-state index contributed by atoms with van der Waals surface area (Å²) in [6, 6.07) is 8.93. The van der Waals surface area contributed by atoms with Crippen molar-refractivity contribution in [3.05, 3.63) is 47.5 Å². The zero-order valence-electron chi connectivity index (χ0n) is 13.4. The smallest absolute Gasteiger partial charge is 0.291 e. The predicted molar refractivity (Wildman–Crippen MR) is 87.5 cm³/mol. The summed E-state index contributed by atoms with van der Waals surface area (Å²) in [7, 11) is 0. The molecule has 1 saturated heterocycles. The van der Waals surface area contributed by atoms with Crippen LogP contribution in [0, 0.1) is 0 Å². The molecule has 0 saturated carbocycles. The second-order valence-corrected chi connectivity index (χ2v) is 6.56. The fourth-order valence-electron chi connectivity index (χ4n) is 3.78. The SMILES string of the molecule is O=C(c1ncn[nH]1)N1CCN(C2Cc3ccccc3C2)C[C@@H](O)C1. The van der Waals surface area contributed by atoms with Gasteiger partial charge in [0.15, 0.2) is 0 Å². The van der Waals surface area contributed by atoms with Crippen molar-refractivity contribution in [3.8, 4) is 0 Å². The summed E-state index contributed by atoms with van der Waals surface area (Å²) in [5.74, 6) is 0.0204. The average Bonchev–Trinajstić information content (AvgIpc) is 3.22. The van der Waals surface area contributed by atoms with Crippen molar-refractivity contribution in [1.29, 1.82) is 0 Å². The van der Waals surface area contributed by atoms with Crippen LogP contribution in [0.3, 0.4) is 0 Å². The number of fused-ring (bicyclic) bond motifs is 1. The van der Waals surface area contributed by atoms with E-state index < -0.39 is 6.10 Å². The highest BCUT2D eigenvalue weighted by Gasteiger charge is 2.32. The molecule has 2 aliphatic rings. The third-order valence-corrected chi connectivity index (χ3v) is 4.98. The van der Waals surface area contributed by atoms with Crippen LogP contribution < -0.4 is 0 Å². The zero-order valence-corrected chi connectivity index (χ0v) is 13.4. The van der Waals surface area contributed by atoms with Gasteiger partial charge < -0.3 is 10.0 Å². The van der Waals surface area contributed by atoms with E-state index in [1.165, 1.54) is 17.5 Å². The first-order chi connectivity index (χ1) is 11.7. The van der Waals surface area contributed by atoms with Crippen molar-refractivity contribution in [2.24, 2.45) is 0 Å². The topological polar surface area (TPSA) is 85.4 Å². The minimum absolute atomic E-state index is 0.205. The third-order valence-electron chi connectivity index (χ3n) is 4.98. The minimum atomic E-state index is -0.553. The summed E-state index contributed by atoms with van der Waals surface area (Å²) in [6.07, 6.45) is 2.80. The number of β-amino-alcohol motifs (C(OH)–C–C–N with tert-alkyl or cyclic N) is 1. The number of aliphatic hydroxyl groups is 1. The largest absolute Gasteiger partial charge is 0.390 e. The summed E-state index contributed by atoms with van der Waals surface area (Å²) in [6.45, 7) is 2.27. The van der Waals surface area contributed by atoms with Crippen LogP contribution in [0.4, 0.5) is 0 Å². The summed E-state index contributed by atoms with van der Waals surface area (Å²) in [5.41, 5.74) is 2.80. The van der Waals surface area contributed by atoms with Gasteiger partial charge in [-0.2, -0.15) is 5.10 Å². The van der Waals surface area contributed by atoms with E-state index in [0.717, 1.165) is 19.4 Å². The highest BCUT2D eigenvalue weighted by Crippen LogP contribution is 2.26. The van der Waals surface area contributed by atoms with Gasteiger partial charge in [-0.25, -0.2) is 4.98 Å². The van der Waals surface area contributed by atoms with Crippen molar-refractivity contribution in [1.82, 2.24) is 25.0 Å². The number of aromatic nitrogens is 3. The first kappa shape index (κ1) is 15.3. The van der Waals surface area contributed by atoms with Gasteiger partial charge in [0.05, 0.1) is 6.10 Å². The first-order valence-corrected chi connectivity index (χ1v) is 8.34. The Kier molecular flexibility index (Phi) is 4.03. The molecule has 7 nitrogen and oxygen atoms in total. The number of carbonyl (C=O) groups is 1. The summed E-state index contributed by atoms with van der Waals surface area (Å²) >= 11 is 0. The number of carbonyl (C=O) groups excluding carboxylic acids is 1. The van der Waals surface area contributed by atoms with Crippen LogP contribution in [0.15, 0.2) is 30.6 Å². The first-order valence-electron chi connectivity index (χ1n) is 8.34. The lowest BCUT2D eigenvalue weighted by Crippen LogP contribution is -2.41. The molecule has 1 aromatic carbocycles. The molecule has 0 radical (unpaired) electrons. The molecule has 7 heteroatoms. The van der Waals surface area contributed by atoms with Crippen LogP contribution in [0.1, 0.15) is 21.7 Å². The monoisotopic (exact) mass is 327 g/mol. The second kappa shape index (κ2) is 6.33. The van der Waals surface area contributed by atoms with Crippen LogP contribution in [0.25, 0.3) is 0 Å². The van der Waals surface area contributed by atoms with Gasteiger partial charge in [-0.3, -0.25) is 14.8 Å². The van der Waals surface area contributed by atoms with Crippen LogP contribution in [0.5, 0.6) is 0 Å². The van der Waals surface area contributed by atoms with Gasteiger partial charge >= 0.3 is 0 Å². The number of amides is 1. The van der Waals surface area contributed by atoms with Crippen molar-refractivity contribution < 1.29 is 9.90 Å². The minimum Gasteiger partial charge on any atom is -0.390 e. The lowest BCUT2D eigenvalue weighted by atomic mass is 10.1. The van der Waals surface area contributed by atoms with E-state index in [9.17, 15) is 9.90 Å². The van der Waals surface area contributed by atoms with E-state index in [4.69, 9.17) is 0 Å². The highest BCUT2D eigenvalue weighted by molar-refractivity contribution is 5.90. The molecule has 1 amide bonds. The molecule has 24 heavy (non-hydrogen) atoms. The fraction of sp³-hybridized carbons (Fsp3) is 0.471. The van der Waals surface area contributed by atoms with Gasteiger partial charge in [0.2, 0.25) is 5.82 Å². The normalized spacial score (nSPS) is 22.4. The fourth-order valence-corrected chi connectivity index (χ4v) is 3.78. The van der Waals surface area contributed by atoms with Crippen molar-refractivity contribution >= 4 is 5.91 Å². The van der Waals surface area contributed by atoms with Crippen molar-refractivity contribution in [2.45, 2.75) is 25.0 Å². The molecule has 1 atom stereocenters. The summed E-state index contributed by atoms with van der Waals surface area (Å²) < 4.78 is 0. The van der Waals surface area contributed by atoms with Gasteiger partial charge in [0.25, 0.3) is 5.91 Å². The Morgan fingerprint density at radius 3 is 2.58 bits per heavy atom. The Labute approximate surface area is 140 Å². The lowest BCUT2D eigenvalue weighted by Gasteiger charge is -2.28. The molecule has 0 spiro atoms. The van der Waals surface area contributed by atoms with Gasteiger partial charge in [0, 0.05) is 32.2 Å². The molecule has 1 aliphatic heterocycles. The number of nitrogens with one attached hydrogen (secondary N) is 1. The predicted octanol–water partition coefficient (Wildman–Crippen LogP) is 0.0908. The van der Waals surface area contributed by atoms with E-state index in [1.807, 2.05) is 0 Å². The molecule has 4 rings (SSSR count). The Morgan fingerprint density at radius 2 is 1.92 bits per heavy atom. The zero-order chi connectivity index (χ0) is 16.5. The number of H-pyrrole nitrogens is 1. The molecule has 2 aromatic rings. The van der Waals surface area contributed by atoms with Crippen LogP contribution >= 0.6 is 0 Å². The van der Waals surface area contributed by atoms with Crippen molar-refractivity contribution in [2.75, 3.05) is 26.2 Å². The number of aromatic amines is 1. The van der Waals surface area contributed by atoms with Gasteiger partial charge in [-0.05, 0) is 24.0 Å². The van der Waals surface area contributed by atoms with E-state index in [0.29, 0.717) is 25.7 Å². The molecule has 0 bridgehead atoms. The number of rotatable bonds is 2. The van der Waals surface area contributed by atoms with E-state index in [-0.39, 0.29) is 11.7 Å². The second-order valence-electron chi connectivity index (χ2n) is 6.56. The van der Waals surface area contributed by atoms with Crippen LogP contribution in [0.2, 0.25) is 0 Å². The molecule has 1 aliphatic carbocycles. The maximum atomic E-state index is 12.4. The molecular formula is C17H21N5O2. The van der Waals surface area contributed by atoms with E-state index >= 15 is 0 Å². The molecule has 0 unspecified atom stereocenters. The van der Waals surface area contributed by atoms with Gasteiger partial charge in [-0.15, -0.1) is 0 Å². The molecule has 126 valence electrons. The standard InChI is InChI=1S/C17H21N5O2/c23-15-9-21(14-7-12-3-1-2-4-13(12)8-14)5-6-22(10-15)17(24)16-18-11-19-20-16/h1-4,11,14-15,23H,5-10H2,(H,18,19,20)/t15-/m1/s1. The Morgan fingerprint density at radius 1 is 1.17 bits per heavy atom. The van der Waals surface area contributed by atoms with Crippen molar-refractivity contribution in [3.63, 3.8) is 0 Å². The summed E-state index contributed by atoms with van der Waals surface area (Å²) in [4.78, 5) is 20.3. The van der Waals surface area contributed by atoms with Gasteiger partial charge in [0.1, 0.15) is 6.33 Å². The number of hydrogen-bond donors (Lipinski definition) is 2. The Bertz CT molecular complexity index is 693. The maximum Gasteiger partial charge on any atom is 0.291 e. The number of aliphatic hydroxyl groups excluding tert-OH is 1. The quantitative estimate of drug-likeness (QED) is 0.817. The summed E-state index contributed by atoms with van der Waals surface area (Å²) in [5, 5.41) is 16.7. The van der Waals surface area contributed by atoms with E-state index in [1.54, 1.807) is 4.90 Å². The van der Waals surface area contributed by atoms with Crippen LogP contribution in [-0.4, -0.2) is 74.3 Å². The van der Waals surface area contributed by atoms with Gasteiger partial charge in [-0.1, -0.05) is 24.3 Å². The number of nitrogens with zero attached hydrogens (tertiary/aromatic N) is 4. The molecule has 2 heterocycles.